The lowest BCUT2D eigenvalue weighted by molar-refractivity contribution is -0.126. The van der Waals surface area contributed by atoms with Gasteiger partial charge in [0.25, 0.3) is 0 Å². The SMILES string of the molecule is Cc1cccc(N2CCN(C(=O)/C=C/c3ccccc3Br)CC2)c1C. The highest BCUT2D eigenvalue weighted by Gasteiger charge is 2.21. The van der Waals surface area contributed by atoms with Crippen molar-refractivity contribution < 1.29 is 4.79 Å². The first-order chi connectivity index (χ1) is 12.1. The Morgan fingerprint density at radius 2 is 1.72 bits per heavy atom. The maximum absolute atomic E-state index is 12.5. The van der Waals surface area contributed by atoms with Crippen LogP contribution in [0.4, 0.5) is 5.69 Å². The Hall–Kier alpha value is -2.07. The number of anilines is 1. The fraction of sp³-hybridized carbons (Fsp3) is 0.286. The minimum atomic E-state index is 0.0800. The molecule has 0 bridgehead atoms. The number of hydrogen-bond donors (Lipinski definition) is 0. The molecule has 0 aromatic heterocycles. The highest BCUT2D eigenvalue weighted by molar-refractivity contribution is 9.10. The Balaban J connectivity index is 1.61. The Morgan fingerprint density at radius 3 is 2.44 bits per heavy atom. The molecule has 0 N–H and O–H groups in total. The van der Waals surface area contributed by atoms with Gasteiger partial charge in [-0.15, -0.1) is 0 Å². The van der Waals surface area contributed by atoms with Gasteiger partial charge < -0.3 is 9.80 Å². The molecule has 0 saturated carbocycles. The first-order valence-electron chi connectivity index (χ1n) is 8.59. The van der Waals surface area contributed by atoms with Gasteiger partial charge in [-0.05, 0) is 48.7 Å². The third-order valence-electron chi connectivity index (χ3n) is 4.82. The molecule has 1 saturated heterocycles. The van der Waals surface area contributed by atoms with Crippen LogP contribution in [0.25, 0.3) is 6.08 Å². The highest BCUT2D eigenvalue weighted by Crippen LogP contribution is 2.24. The van der Waals surface area contributed by atoms with E-state index in [0.717, 1.165) is 36.2 Å². The largest absolute Gasteiger partial charge is 0.368 e. The van der Waals surface area contributed by atoms with Crippen molar-refractivity contribution in [3.05, 3.63) is 69.7 Å². The van der Waals surface area contributed by atoms with Gasteiger partial charge >= 0.3 is 0 Å². The van der Waals surface area contributed by atoms with Crippen LogP contribution in [0.2, 0.25) is 0 Å². The minimum Gasteiger partial charge on any atom is -0.368 e. The number of carbonyl (C=O) groups excluding carboxylic acids is 1. The van der Waals surface area contributed by atoms with Gasteiger partial charge in [-0.3, -0.25) is 4.79 Å². The summed E-state index contributed by atoms with van der Waals surface area (Å²) < 4.78 is 0.999. The molecule has 3 rings (SSSR count). The Morgan fingerprint density at radius 1 is 1.00 bits per heavy atom. The van der Waals surface area contributed by atoms with E-state index in [1.165, 1.54) is 16.8 Å². The van der Waals surface area contributed by atoms with Crippen molar-refractivity contribution in [2.75, 3.05) is 31.1 Å². The third-order valence-corrected chi connectivity index (χ3v) is 5.54. The monoisotopic (exact) mass is 398 g/mol. The topological polar surface area (TPSA) is 23.6 Å². The molecule has 1 amide bonds. The number of halogens is 1. The van der Waals surface area contributed by atoms with Crippen molar-refractivity contribution in [2.45, 2.75) is 13.8 Å². The summed E-state index contributed by atoms with van der Waals surface area (Å²) in [6.45, 7) is 7.57. The molecule has 130 valence electrons. The Labute approximate surface area is 158 Å². The predicted molar refractivity (Wildman–Crippen MR) is 108 cm³/mol. The van der Waals surface area contributed by atoms with Crippen LogP contribution in [0.15, 0.2) is 53.0 Å². The minimum absolute atomic E-state index is 0.0800. The molecule has 0 spiro atoms. The number of amides is 1. The van der Waals surface area contributed by atoms with Crippen molar-refractivity contribution in [2.24, 2.45) is 0 Å². The quantitative estimate of drug-likeness (QED) is 0.713. The molecular weight excluding hydrogens is 376 g/mol. The van der Waals surface area contributed by atoms with Crippen molar-refractivity contribution in [1.82, 2.24) is 4.90 Å². The summed E-state index contributed by atoms with van der Waals surface area (Å²) >= 11 is 3.51. The summed E-state index contributed by atoms with van der Waals surface area (Å²) in [5, 5.41) is 0. The molecule has 0 radical (unpaired) electrons. The molecule has 3 nitrogen and oxygen atoms in total. The molecule has 0 atom stereocenters. The summed E-state index contributed by atoms with van der Waals surface area (Å²) in [6, 6.07) is 14.3. The average Bonchev–Trinajstić information content (AvgIpc) is 2.63. The number of aryl methyl sites for hydroxylation is 1. The van der Waals surface area contributed by atoms with E-state index in [1.54, 1.807) is 6.08 Å². The van der Waals surface area contributed by atoms with E-state index >= 15 is 0 Å². The highest BCUT2D eigenvalue weighted by atomic mass is 79.9. The fourth-order valence-corrected chi connectivity index (χ4v) is 3.54. The van der Waals surface area contributed by atoms with E-state index in [4.69, 9.17) is 0 Å². The second-order valence-corrected chi connectivity index (χ2v) is 7.24. The van der Waals surface area contributed by atoms with Crippen LogP contribution in [0.3, 0.4) is 0 Å². The van der Waals surface area contributed by atoms with Gasteiger partial charge in [0, 0.05) is 42.4 Å². The zero-order chi connectivity index (χ0) is 17.8. The van der Waals surface area contributed by atoms with Crippen LogP contribution in [-0.2, 0) is 4.79 Å². The maximum Gasteiger partial charge on any atom is 0.246 e. The van der Waals surface area contributed by atoms with Gasteiger partial charge in [0.15, 0.2) is 0 Å². The Bertz CT molecular complexity index is 792. The summed E-state index contributed by atoms with van der Waals surface area (Å²) in [5.74, 6) is 0.0800. The van der Waals surface area contributed by atoms with Gasteiger partial charge in [-0.1, -0.05) is 46.3 Å². The number of nitrogens with zero attached hydrogens (tertiary/aromatic N) is 2. The van der Waals surface area contributed by atoms with Crippen molar-refractivity contribution in [3.63, 3.8) is 0 Å². The van der Waals surface area contributed by atoms with Crippen molar-refractivity contribution >= 4 is 33.6 Å². The lowest BCUT2D eigenvalue weighted by Crippen LogP contribution is -2.48. The van der Waals surface area contributed by atoms with Gasteiger partial charge in [-0.25, -0.2) is 0 Å². The normalized spacial score (nSPS) is 15.0. The molecule has 1 heterocycles. The fourth-order valence-electron chi connectivity index (χ4n) is 3.12. The van der Waals surface area contributed by atoms with Gasteiger partial charge in [0.2, 0.25) is 5.91 Å². The number of hydrogen-bond acceptors (Lipinski definition) is 2. The van der Waals surface area contributed by atoms with Crippen LogP contribution >= 0.6 is 15.9 Å². The van der Waals surface area contributed by atoms with Crippen LogP contribution in [-0.4, -0.2) is 37.0 Å². The first kappa shape index (κ1) is 17.7. The first-order valence-corrected chi connectivity index (χ1v) is 9.38. The van der Waals surface area contributed by atoms with Gasteiger partial charge in [0.05, 0.1) is 0 Å². The number of carbonyl (C=O) groups is 1. The van der Waals surface area contributed by atoms with Crippen LogP contribution in [0.5, 0.6) is 0 Å². The van der Waals surface area contributed by atoms with Crippen molar-refractivity contribution in [1.29, 1.82) is 0 Å². The van der Waals surface area contributed by atoms with Gasteiger partial charge in [0.1, 0.15) is 0 Å². The molecular formula is C21H23BrN2O. The summed E-state index contributed by atoms with van der Waals surface area (Å²) in [6.07, 6.45) is 3.55. The smallest absolute Gasteiger partial charge is 0.246 e. The Kier molecular flexibility index (Phi) is 5.59. The standard InChI is InChI=1S/C21H23BrN2O/c1-16-6-5-9-20(17(16)2)23-12-14-24(15-13-23)21(25)11-10-18-7-3-4-8-19(18)22/h3-11H,12-15H2,1-2H3/b11-10+. The summed E-state index contributed by atoms with van der Waals surface area (Å²) in [4.78, 5) is 16.8. The molecule has 1 aliphatic heterocycles. The zero-order valence-electron chi connectivity index (χ0n) is 14.7. The van der Waals surface area contributed by atoms with E-state index in [0.29, 0.717) is 0 Å². The van der Waals surface area contributed by atoms with Gasteiger partial charge in [-0.2, -0.15) is 0 Å². The molecule has 1 aliphatic rings. The molecule has 25 heavy (non-hydrogen) atoms. The third kappa shape index (κ3) is 4.13. The maximum atomic E-state index is 12.5. The zero-order valence-corrected chi connectivity index (χ0v) is 16.3. The van der Waals surface area contributed by atoms with E-state index in [2.05, 4.69) is 52.9 Å². The van der Waals surface area contributed by atoms with E-state index < -0.39 is 0 Å². The van der Waals surface area contributed by atoms with Crippen LogP contribution in [0, 0.1) is 13.8 Å². The van der Waals surface area contributed by atoms with Crippen LogP contribution in [0.1, 0.15) is 16.7 Å². The average molecular weight is 399 g/mol. The molecule has 4 heteroatoms. The summed E-state index contributed by atoms with van der Waals surface area (Å²) in [5.41, 5.74) is 4.95. The second-order valence-electron chi connectivity index (χ2n) is 6.39. The van der Waals surface area contributed by atoms with Crippen LogP contribution < -0.4 is 4.90 Å². The lowest BCUT2D eigenvalue weighted by Gasteiger charge is -2.36. The molecule has 2 aromatic rings. The lowest BCUT2D eigenvalue weighted by atomic mass is 10.1. The molecule has 2 aromatic carbocycles. The molecule has 1 fully saturated rings. The number of rotatable bonds is 3. The number of benzene rings is 2. The van der Waals surface area contributed by atoms with E-state index in [1.807, 2.05) is 35.2 Å². The van der Waals surface area contributed by atoms with Crippen molar-refractivity contribution in [3.8, 4) is 0 Å². The van der Waals surface area contributed by atoms with E-state index in [9.17, 15) is 4.79 Å². The predicted octanol–water partition coefficient (Wildman–Crippen LogP) is 4.43. The second kappa shape index (κ2) is 7.87. The molecule has 0 aliphatic carbocycles. The molecule has 0 unspecified atom stereocenters. The number of piperazine rings is 1. The summed E-state index contributed by atoms with van der Waals surface area (Å²) in [7, 11) is 0. The van der Waals surface area contributed by atoms with E-state index in [-0.39, 0.29) is 5.91 Å².